The van der Waals surface area contributed by atoms with Crippen molar-refractivity contribution in [2.75, 3.05) is 0 Å². The standard InChI is InChI=1S/C6H4I/c7-6-4-2-1-3-5-6/h1-2,4-5H. The first-order valence-corrected chi connectivity index (χ1v) is 3.09. The summed E-state index contributed by atoms with van der Waals surface area (Å²) in [5.41, 5.74) is 0. The molecule has 1 rings (SSSR count). The largest absolute Gasteiger partial charge is 0.0606 e. The minimum absolute atomic E-state index is 1.24. The second-order valence-corrected chi connectivity index (χ2v) is 2.47. The van der Waals surface area contributed by atoms with Gasteiger partial charge in [-0.25, -0.2) is 0 Å². The molecule has 1 aromatic rings. The van der Waals surface area contributed by atoms with E-state index in [1.165, 1.54) is 3.57 Å². The van der Waals surface area contributed by atoms with Crippen molar-refractivity contribution in [3.05, 3.63) is 33.9 Å². The van der Waals surface area contributed by atoms with Crippen molar-refractivity contribution >= 4 is 22.6 Å². The maximum Gasteiger partial charge on any atom is 0.0136 e. The monoisotopic (exact) mass is 203 g/mol. The van der Waals surface area contributed by atoms with Gasteiger partial charge in [-0.05, 0) is 40.8 Å². The molecular formula is C6H4I. The summed E-state index contributed by atoms with van der Waals surface area (Å²) in [6.07, 6.45) is 0. The van der Waals surface area contributed by atoms with Crippen molar-refractivity contribution in [2.45, 2.75) is 0 Å². The Kier molecular flexibility index (Phi) is 1.68. The SMILES string of the molecule is Ic1c[c]ccc1. The highest BCUT2D eigenvalue weighted by Gasteiger charge is 1.74. The van der Waals surface area contributed by atoms with Crippen molar-refractivity contribution in [1.82, 2.24) is 0 Å². The van der Waals surface area contributed by atoms with E-state index in [-0.39, 0.29) is 0 Å². The molecule has 0 unspecified atom stereocenters. The average Bonchev–Trinajstić information content (AvgIpc) is 1.69. The van der Waals surface area contributed by atoms with Gasteiger partial charge in [-0.2, -0.15) is 0 Å². The number of hydrogen-bond acceptors (Lipinski definition) is 0. The summed E-state index contributed by atoms with van der Waals surface area (Å²) < 4.78 is 1.24. The fourth-order valence-corrected chi connectivity index (χ4v) is 0.759. The van der Waals surface area contributed by atoms with Crippen molar-refractivity contribution in [3.8, 4) is 0 Å². The van der Waals surface area contributed by atoms with E-state index in [0.717, 1.165) is 0 Å². The maximum absolute atomic E-state index is 2.95. The molecule has 35 valence electrons. The van der Waals surface area contributed by atoms with E-state index < -0.39 is 0 Å². The lowest BCUT2D eigenvalue weighted by atomic mass is 10.4. The first-order valence-electron chi connectivity index (χ1n) is 2.01. The fourth-order valence-electron chi connectivity index (χ4n) is 0.371. The molecule has 0 spiro atoms. The second kappa shape index (κ2) is 2.31. The van der Waals surface area contributed by atoms with Crippen molar-refractivity contribution < 1.29 is 0 Å². The molecule has 7 heavy (non-hydrogen) atoms. The lowest BCUT2D eigenvalue weighted by Crippen LogP contribution is -1.61. The topological polar surface area (TPSA) is 0 Å². The summed E-state index contributed by atoms with van der Waals surface area (Å²) in [6, 6.07) is 10.8. The van der Waals surface area contributed by atoms with Crippen LogP contribution in [0, 0.1) is 9.64 Å². The average molecular weight is 203 g/mol. The van der Waals surface area contributed by atoms with Gasteiger partial charge in [0.05, 0.1) is 0 Å². The third-order valence-electron chi connectivity index (χ3n) is 0.669. The fraction of sp³-hybridized carbons (Fsp3) is 0. The zero-order valence-electron chi connectivity index (χ0n) is 3.69. The smallest absolute Gasteiger partial charge is 0.0136 e. The molecule has 0 aliphatic carbocycles. The Morgan fingerprint density at radius 2 is 2.43 bits per heavy atom. The van der Waals surface area contributed by atoms with E-state index in [2.05, 4.69) is 28.7 Å². The molecule has 0 heterocycles. The van der Waals surface area contributed by atoms with Crippen molar-refractivity contribution in [2.24, 2.45) is 0 Å². The number of halogens is 1. The second-order valence-electron chi connectivity index (χ2n) is 1.22. The van der Waals surface area contributed by atoms with Gasteiger partial charge in [0.1, 0.15) is 0 Å². The maximum atomic E-state index is 2.95. The Labute approximate surface area is 56.7 Å². The summed E-state index contributed by atoms with van der Waals surface area (Å²) in [4.78, 5) is 0. The number of rotatable bonds is 0. The highest BCUT2D eigenvalue weighted by Crippen LogP contribution is 1.99. The molecular weight excluding hydrogens is 199 g/mol. The molecule has 0 bridgehead atoms. The minimum atomic E-state index is 1.24. The van der Waals surface area contributed by atoms with Gasteiger partial charge >= 0.3 is 0 Å². The minimum Gasteiger partial charge on any atom is -0.0606 e. The van der Waals surface area contributed by atoms with Gasteiger partial charge in [0.15, 0.2) is 0 Å². The molecule has 1 radical (unpaired) electrons. The molecule has 0 saturated carbocycles. The quantitative estimate of drug-likeness (QED) is 0.566. The van der Waals surface area contributed by atoms with E-state index in [1.54, 1.807) is 0 Å². The van der Waals surface area contributed by atoms with Gasteiger partial charge in [-0.3, -0.25) is 0 Å². The number of hydrogen-bond donors (Lipinski definition) is 0. The van der Waals surface area contributed by atoms with Gasteiger partial charge in [-0.15, -0.1) is 0 Å². The summed E-state index contributed by atoms with van der Waals surface area (Å²) in [7, 11) is 0. The summed E-state index contributed by atoms with van der Waals surface area (Å²) >= 11 is 2.25. The van der Waals surface area contributed by atoms with E-state index in [1.807, 2.05) is 24.3 Å². The van der Waals surface area contributed by atoms with Crippen LogP contribution in [0.2, 0.25) is 0 Å². The molecule has 1 aromatic carbocycles. The summed E-state index contributed by atoms with van der Waals surface area (Å²) in [5, 5.41) is 0. The Morgan fingerprint density at radius 1 is 1.57 bits per heavy atom. The van der Waals surface area contributed by atoms with Crippen LogP contribution in [0.3, 0.4) is 0 Å². The van der Waals surface area contributed by atoms with E-state index in [0.29, 0.717) is 0 Å². The first-order chi connectivity index (χ1) is 3.39. The van der Waals surface area contributed by atoms with Crippen LogP contribution in [0.25, 0.3) is 0 Å². The molecule has 0 atom stereocenters. The third kappa shape index (κ3) is 1.47. The van der Waals surface area contributed by atoms with Crippen molar-refractivity contribution in [1.29, 1.82) is 0 Å². The Bertz CT molecular complexity index is 134. The highest BCUT2D eigenvalue weighted by molar-refractivity contribution is 14.1. The van der Waals surface area contributed by atoms with Crippen LogP contribution in [0.15, 0.2) is 24.3 Å². The van der Waals surface area contributed by atoms with Crippen LogP contribution in [0.5, 0.6) is 0 Å². The molecule has 1 heteroatoms. The van der Waals surface area contributed by atoms with Crippen LogP contribution in [-0.4, -0.2) is 0 Å². The van der Waals surface area contributed by atoms with Crippen LogP contribution in [0.4, 0.5) is 0 Å². The number of benzene rings is 1. The molecule has 0 aliphatic heterocycles. The molecule has 0 aromatic heterocycles. The lowest BCUT2D eigenvalue weighted by molar-refractivity contribution is 1.64. The Balaban J connectivity index is 3.02. The van der Waals surface area contributed by atoms with Crippen LogP contribution in [0.1, 0.15) is 0 Å². The van der Waals surface area contributed by atoms with Crippen LogP contribution < -0.4 is 0 Å². The van der Waals surface area contributed by atoms with E-state index in [4.69, 9.17) is 0 Å². The van der Waals surface area contributed by atoms with Crippen molar-refractivity contribution in [3.63, 3.8) is 0 Å². The molecule has 0 nitrogen and oxygen atoms in total. The lowest BCUT2D eigenvalue weighted by Gasteiger charge is -1.79. The molecule has 0 saturated heterocycles. The van der Waals surface area contributed by atoms with E-state index in [9.17, 15) is 0 Å². The van der Waals surface area contributed by atoms with Gasteiger partial charge in [0, 0.05) is 3.57 Å². The van der Waals surface area contributed by atoms with Crippen LogP contribution in [-0.2, 0) is 0 Å². The normalized spacial score (nSPS) is 8.71. The van der Waals surface area contributed by atoms with Gasteiger partial charge in [0.25, 0.3) is 0 Å². The molecule has 0 aliphatic rings. The highest BCUT2D eigenvalue weighted by atomic mass is 127. The van der Waals surface area contributed by atoms with Gasteiger partial charge < -0.3 is 0 Å². The molecule has 0 amide bonds. The summed E-state index contributed by atoms with van der Waals surface area (Å²) in [5.74, 6) is 0. The van der Waals surface area contributed by atoms with Crippen LogP contribution >= 0.6 is 22.6 Å². The predicted octanol–water partition coefficient (Wildman–Crippen LogP) is 2.09. The van der Waals surface area contributed by atoms with Gasteiger partial charge in [-0.1, -0.05) is 12.1 Å². The third-order valence-corrected chi connectivity index (χ3v) is 1.34. The van der Waals surface area contributed by atoms with Gasteiger partial charge in [0.2, 0.25) is 0 Å². The first kappa shape index (κ1) is 5.09. The predicted molar refractivity (Wildman–Crippen MR) is 38.0 cm³/mol. The molecule has 0 N–H and O–H groups in total. The zero-order chi connectivity index (χ0) is 5.11. The van der Waals surface area contributed by atoms with E-state index >= 15 is 0 Å². The summed E-state index contributed by atoms with van der Waals surface area (Å²) in [6.45, 7) is 0. The Morgan fingerprint density at radius 3 is 2.71 bits per heavy atom. The Hall–Kier alpha value is -0.0500. The zero-order valence-corrected chi connectivity index (χ0v) is 5.84. The molecule has 0 fully saturated rings.